The van der Waals surface area contributed by atoms with Gasteiger partial charge in [0.05, 0.1) is 5.54 Å². The number of anilines is 1. The average molecular weight is 378 g/mol. The summed E-state index contributed by atoms with van der Waals surface area (Å²) in [5.41, 5.74) is 6.20. The zero-order valence-electron chi connectivity index (χ0n) is 15.5. The molecule has 2 amide bonds. The zero-order valence-corrected chi connectivity index (χ0v) is 15.5. The second-order valence-electron chi connectivity index (χ2n) is 7.12. The molecule has 3 rings (SSSR count). The predicted octanol–water partition coefficient (Wildman–Crippen LogP) is 0.488. The van der Waals surface area contributed by atoms with Gasteiger partial charge in [-0.3, -0.25) is 9.59 Å². The normalized spacial score (nSPS) is 19.6. The summed E-state index contributed by atoms with van der Waals surface area (Å²) in [4.78, 5) is 28.6. The highest BCUT2D eigenvalue weighted by Gasteiger charge is 2.35. The Morgan fingerprint density at radius 3 is 2.37 bits per heavy atom. The van der Waals surface area contributed by atoms with E-state index in [1.54, 1.807) is 17.0 Å². The standard InChI is InChI=1S/C19H27FN4O3/c20-15-1-3-16(4-2-15)23-9-11-24(12-10-23)17(25)5-8-22-18(26)19(21)6-13-27-14-7-19/h1-4H,5-14,21H2,(H,22,26). The van der Waals surface area contributed by atoms with Crippen LogP contribution in [0.3, 0.4) is 0 Å². The number of hydrogen-bond acceptors (Lipinski definition) is 5. The van der Waals surface area contributed by atoms with Crippen LogP contribution in [-0.4, -0.2) is 68.2 Å². The van der Waals surface area contributed by atoms with E-state index in [-0.39, 0.29) is 30.6 Å². The molecule has 2 saturated heterocycles. The van der Waals surface area contributed by atoms with E-state index in [9.17, 15) is 14.0 Å². The van der Waals surface area contributed by atoms with Crippen molar-refractivity contribution in [1.82, 2.24) is 10.2 Å². The van der Waals surface area contributed by atoms with Gasteiger partial charge in [-0.15, -0.1) is 0 Å². The molecule has 0 radical (unpaired) electrons. The molecule has 8 heteroatoms. The number of ether oxygens (including phenoxy) is 1. The van der Waals surface area contributed by atoms with E-state index in [1.165, 1.54) is 12.1 Å². The predicted molar refractivity (Wildman–Crippen MR) is 99.8 cm³/mol. The molecule has 0 unspecified atom stereocenters. The smallest absolute Gasteiger partial charge is 0.240 e. The van der Waals surface area contributed by atoms with Crippen LogP contribution in [0.25, 0.3) is 0 Å². The minimum atomic E-state index is -0.887. The van der Waals surface area contributed by atoms with E-state index >= 15 is 0 Å². The van der Waals surface area contributed by atoms with E-state index in [0.29, 0.717) is 52.2 Å². The highest BCUT2D eigenvalue weighted by molar-refractivity contribution is 5.86. The quantitative estimate of drug-likeness (QED) is 0.779. The number of benzene rings is 1. The van der Waals surface area contributed by atoms with Crippen molar-refractivity contribution in [2.45, 2.75) is 24.8 Å². The summed E-state index contributed by atoms with van der Waals surface area (Å²) in [5, 5.41) is 2.79. The summed E-state index contributed by atoms with van der Waals surface area (Å²) in [6, 6.07) is 6.39. The van der Waals surface area contributed by atoms with Crippen molar-refractivity contribution in [3.8, 4) is 0 Å². The van der Waals surface area contributed by atoms with Crippen LogP contribution in [0.1, 0.15) is 19.3 Å². The lowest BCUT2D eigenvalue weighted by Crippen LogP contribution is -2.57. The van der Waals surface area contributed by atoms with Crippen molar-refractivity contribution in [2.24, 2.45) is 5.73 Å². The molecular formula is C19H27FN4O3. The van der Waals surface area contributed by atoms with E-state index in [0.717, 1.165) is 5.69 Å². The van der Waals surface area contributed by atoms with Crippen LogP contribution in [0.2, 0.25) is 0 Å². The topological polar surface area (TPSA) is 87.9 Å². The highest BCUT2D eigenvalue weighted by Crippen LogP contribution is 2.18. The van der Waals surface area contributed by atoms with Crippen LogP contribution in [0.4, 0.5) is 10.1 Å². The number of rotatable bonds is 5. The third-order valence-electron chi connectivity index (χ3n) is 5.29. The molecule has 0 aliphatic carbocycles. The van der Waals surface area contributed by atoms with Crippen molar-refractivity contribution >= 4 is 17.5 Å². The van der Waals surface area contributed by atoms with Crippen molar-refractivity contribution in [3.63, 3.8) is 0 Å². The molecule has 2 heterocycles. The maximum atomic E-state index is 13.0. The Kier molecular flexibility index (Phi) is 6.28. The van der Waals surface area contributed by atoms with Gasteiger partial charge in [-0.05, 0) is 37.1 Å². The lowest BCUT2D eigenvalue weighted by Gasteiger charge is -2.36. The highest BCUT2D eigenvalue weighted by atomic mass is 19.1. The van der Waals surface area contributed by atoms with Crippen molar-refractivity contribution in [1.29, 1.82) is 0 Å². The van der Waals surface area contributed by atoms with Crippen LogP contribution in [0.5, 0.6) is 0 Å². The molecule has 2 aliphatic heterocycles. The Morgan fingerprint density at radius 2 is 1.74 bits per heavy atom. The third kappa shape index (κ3) is 4.95. The van der Waals surface area contributed by atoms with Gasteiger partial charge in [0.25, 0.3) is 0 Å². The summed E-state index contributed by atoms with van der Waals surface area (Å²) in [6.07, 6.45) is 1.26. The maximum absolute atomic E-state index is 13.0. The number of nitrogens with zero attached hydrogens (tertiary/aromatic N) is 2. The lowest BCUT2D eigenvalue weighted by molar-refractivity contribution is -0.132. The molecule has 27 heavy (non-hydrogen) atoms. The Bertz CT molecular complexity index is 653. The van der Waals surface area contributed by atoms with E-state index in [4.69, 9.17) is 10.5 Å². The molecule has 3 N–H and O–H groups in total. The number of piperazine rings is 1. The molecule has 2 aliphatic rings. The molecule has 1 aromatic carbocycles. The Balaban J connectivity index is 1.39. The average Bonchev–Trinajstić information content (AvgIpc) is 2.69. The van der Waals surface area contributed by atoms with Crippen LogP contribution < -0.4 is 16.0 Å². The van der Waals surface area contributed by atoms with Crippen molar-refractivity contribution in [2.75, 3.05) is 50.8 Å². The van der Waals surface area contributed by atoms with Gasteiger partial charge in [-0.1, -0.05) is 0 Å². The minimum Gasteiger partial charge on any atom is -0.381 e. The van der Waals surface area contributed by atoms with Crippen LogP contribution >= 0.6 is 0 Å². The fourth-order valence-corrected chi connectivity index (χ4v) is 3.45. The largest absolute Gasteiger partial charge is 0.381 e. The van der Waals surface area contributed by atoms with Gasteiger partial charge in [-0.2, -0.15) is 0 Å². The van der Waals surface area contributed by atoms with E-state index < -0.39 is 5.54 Å². The van der Waals surface area contributed by atoms with Gasteiger partial charge in [-0.25, -0.2) is 4.39 Å². The van der Waals surface area contributed by atoms with E-state index in [2.05, 4.69) is 10.2 Å². The van der Waals surface area contributed by atoms with Gasteiger partial charge in [0.1, 0.15) is 5.82 Å². The Hall–Kier alpha value is -2.19. The summed E-state index contributed by atoms with van der Waals surface area (Å²) in [7, 11) is 0. The zero-order chi connectivity index (χ0) is 19.3. The summed E-state index contributed by atoms with van der Waals surface area (Å²) < 4.78 is 18.3. The summed E-state index contributed by atoms with van der Waals surface area (Å²) >= 11 is 0. The molecule has 0 atom stereocenters. The molecular weight excluding hydrogens is 351 g/mol. The fraction of sp³-hybridized carbons (Fsp3) is 0.579. The number of nitrogens with two attached hydrogens (primary N) is 1. The molecule has 0 bridgehead atoms. The number of carbonyl (C=O) groups is 2. The SMILES string of the molecule is NC1(C(=O)NCCC(=O)N2CCN(c3ccc(F)cc3)CC2)CCOCC1. The number of hydrogen-bond donors (Lipinski definition) is 2. The Labute approximate surface area is 158 Å². The van der Waals surface area contributed by atoms with Crippen LogP contribution in [0.15, 0.2) is 24.3 Å². The lowest BCUT2D eigenvalue weighted by atomic mass is 9.90. The van der Waals surface area contributed by atoms with Crippen LogP contribution in [0, 0.1) is 5.82 Å². The molecule has 0 saturated carbocycles. The first-order valence-electron chi connectivity index (χ1n) is 9.41. The van der Waals surface area contributed by atoms with E-state index in [1.807, 2.05) is 0 Å². The molecule has 148 valence electrons. The number of nitrogens with one attached hydrogen (secondary N) is 1. The van der Waals surface area contributed by atoms with Crippen molar-refractivity contribution < 1.29 is 18.7 Å². The van der Waals surface area contributed by atoms with Crippen LogP contribution in [-0.2, 0) is 14.3 Å². The molecule has 0 aromatic heterocycles. The van der Waals surface area contributed by atoms with Gasteiger partial charge in [0.15, 0.2) is 0 Å². The summed E-state index contributed by atoms with van der Waals surface area (Å²) in [5.74, 6) is -0.443. The van der Waals surface area contributed by atoms with Gasteiger partial charge in [0.2, 0.25) is 11.8 Å². The number of carbonyl (C=O) groups excluding carboxylic acids is 2. The minimum absolute atomic E-state index is 0.0205. The number of halogens is 1. The van der Waals surface area contributed by atoms with Crippen molar-refractivity contribution in [3.05, 3.63) is 30.1 Å². The van der Waals surface area contributed by atoms with Gasteiger partial charge >= 0.3 is 0 Å². The first-order valence-corrected chi connectivity index (χ1v) is 9.41. The van der Waals surface area contributed by atoms with Gasteiger partial charge in [0, 0.05) is 58.0 Å². The first-order chi connectivity index (χ1) is 13.0. The molecule has 2 fully saturated rings. The first kappa shape index (κ1) is 19.6. The monoisotopic (exact) mass is 378 g/mol. The molecule has 1 aromatic rings. The summed E-state index contributed by atoms with van der Waals surface area (Å²) in [6.45, 7) is 3.90. The second kappa shape index (κ2) is 8.67. The Morgan fingerprint density at radius 1 is 1.11 bits per heavy atom. The fourth-order valence-electron chi connectivity index (χ4n) is 3.45. The number of amides is 2. The molecule has 7 nitrogen and oxygen atoms in total. The second-order valence-corrected chi connectivity index (χ2v) is 7.12. The molecule has 0 spiro atoms. The van der Waals surface area contributed by atoms with Gasteiger partial charge < -0.3 is 25.6 Å². The maximum Gasteiger partial charge on any atom is 0.240 e. The third-order valence-corrected chi connectivity index (χ3v) is 5.29.